The molecule has 0 saturated heterocycles. The molecule has 0 unspecified atom stereocenters. The van der Waals surface area contributed by atoms with Gasteiger partial charge in [-0.15, -0.1) is 0 Å². The smallest absolute Gasteiger partial charge is 0.246 e. The number of ketones is 1. The first kappa shape index (κ1) is 27.0. The minimum absolute atomic E-state index is 0.0164. The summed E-state index contributed by atoms with van der Waals surface area (Å²) in [5.74, 6) is -9.60. The Balaban J connectivity index is 2.12. The van der Waals surface area contributed by atoms with E-state index in [1.54, 1.807) is 0 Å². The number of ether oxygens (including phenoxy) is 1. The molecule has 0 radical (unpaired) electrons. The van der Waals surface area contributed by atoms with Crippen LogP contribution in [0.2, 0.25) is 0 Å². The van der Waals surface area contributed by atoms with Gasteiger partial charge in [-0.05, 0) is 30.7 Å². The Bertz CT molecular complexity index is 1440. The van der Waals surface area contributed by atoms with E-state index in [4.69, 9.17) is 4.74 Å². The third-order valence-corrected chi connectivity index (χ3v) is 6.83. The van der Waals surface area contributed by atoms with Crippen LogP contribution in [0.4, 0.5) is 22.0 Å². The van der Waals surface area contributed by atoms with Gasteiger partial charge in [0.15, 0.2) is 29.1 Å². The van der Waals surface area contributed by atoms with Crippen molar-refractivity contribution < 1.29 is 39.9 Å². The van der Waals surface area contributed by atoms with Crippen LogP contribution in [0.15, 0.2) is 53.6 Å². The van der Waals surface area contributed by atoms with Crippen LogP contribution in [0, 0.1) is 29.2 Å². The van der Waals surface area contributed by atoms with Crippen molar-refractivity contribution in [3.63, 3.8) is 0 Å². The van der Waals surface area contributed by atoms with Crippen molar-refractivity contribution in [2.45, 2.75) is 24.9 Å². The molecule has 190 valence electrons. The van der Waals surface area contributed by atoms with E-state index in [0.717, 1.165) is 6.20 Å². The summed E-state index contributed by atoms with van der Waals surface area (Å²) in [6.45, 7) is 0.0798. The third kappa shape index (κ3) is 5.77. The van der Waals surface area contributed by atoms with Crippen molar-refractivity contribution in [1.82, 2.24) is 9.29 Å². The van der Waals surface area contributed by atoms with Gasteiger partial charge in [0.05, 0.1) is 7.11 Å². The highest BCUT2D eigenvalue weighted by Crippen LogP contribution is 2.30. The normalized spacial score (nSPS) is 11.9. The fourth-order valence-corrected chi connectivity index (χ4v) is 4.69. The maximum Gasteiger partial charge on any atom is 0.246 e. The number of hydrogen-bond donors (Lipinski definition) is 0. The number of nitrogens with zero attached hydrogens (tertiary/aromatic N) is 2. The second-order valence-corrected chi connectivity index (χ2v) is 9.45. The monoisotopic (exact) mass is 526 g/mol. The van der Waals surface area contributed by atoms with Gasteiger partial charge in [0.1, 0.15) is 10.6 Å². The average Bonchev–Trinajstić information content (AvgIpc) is 2.84. The molecule has 0 aliphatic carbocycles. The number of pyridine rings is 1. The van der Waals surface area contributed by atoms with Gasteiger partial charge in [-0.2, -0.15) is 8.70 Å². The summed E-state index contributed by atoms with van der Waals surface area (Å²) >= 11 is 0. The standard InChI is InChI=1S/C24H19F5N2O4S/c1-14(32)5-6-15-7-8-16(19(10-15)35-2)12-31(13-17-4-3-9-30-24(17)29)36(33,34)20-11-18(25)21(26)23(28)22(20)27/h3-11H,12-13H2,1-2H3/b6-5+. The second-order valence-electron chi connectivity index (χ2n) is 7.54. The molecule has 36 heavy (non-hydrogen) atoms. The molecule has 0 saturated carbocycles. The Labute approximate surface area is 203 Å². The summed E-state index contributed by atoms with van der Waals surface area (Å²) in [4.78, 5) is 13.2. The number of sulfonamides is 1. The van der Waals surface area contributed by atoms with Crippen molar-refractivity contribution >= 4 is 21.9 Å². The topological polar surface area (TPSA) is 76.6 Å². The molecule has 0 aliphatic heterocycles. The molecular formula is C24H19F5N2O4S. The van der Waals surface area contributed by atoms with E-state index >= 15 is 0 Å². The van der Waals surface area contributed by atoms with Crippen molar-refractivity contribution in [3.8, 4) is 5.75 Å². The molecule has 0 fully saturated rings. The number of allylic oxidation sites excluding steroid dienone is 1. The molecule has 3 rings (SSSR count). The van der Waals surface area contributed by atoms with Crippen molar-refractivity contribution in [2.24, 2.45) is 0 Å². The zero-order valence-corrected chi connectivity index (χ0v) is 19.8. The van der Waals surface area contributed by atoms with Gasteiger partial charge in [-0.1, -0.05) is 24.3 Å². The van der Waals surface area contributed by atoms with Gasteiger partial charge in [0.2, 0.25) is 16.0 Å². The minimum Gasteiger partial charge on any atom is -0.496 e. The summed E-state index contributed by atoms with van der Waals surface area (Å²) in [5.41, 5.74) is 0.533. The Morgan fingerprint density at radius 1 is 1.00 bits per heavy atom. The number of carbonyl (C=O) groups is 1. The molecule has 12 heteroatoms. The number of aromatic nitrogens is 1. The van der Waals surface area contributed by atoms with Crippen molar-refractivity contribution in [2.75, 3.05) is 7.11 Å². The van der Waals surface area contributed by atoms with Crippen molar-refractivity contribution in [1.29, 1.82) is 0 Å². The molecule has 2 aromatic carbocycles. The van der Waals surface area contributed by atoms with E-state index in [0.29, 0.717) is 9.87 Å². The Morgan fingerprint density at radius 2 is 1.69 bits per heavy atom. The minimum atomic E-state index is -5.06. The molecule has 3 aromatic rings. The number of carbonyl (C=O) groups excluding carboxylic acids is 1. The lowest BCUT2D eigenvalue weighted by atomic mass is 10.1. The SMILES string of the molecule is COc1cc(/C=C/C(C)=O)ccc1CN(Cc1cccnc1F)S(=O)(=O)c1cc(F)c(F)c(F)c1F. The first-order chi connectivity index (χ1) is 16.9. The van der Waals surface area contributed by atoms with Gasteiger partial charge in [0, 0.05) is 36.5 Å². The van der Waals surface area contributed by atoms with E-state index < -0.39 is 57.2 Å². The predicted molar refractivity (Wildman–Crippen MR) is 120 cm³/mol. The quantitative estimate of drug-likeness (QED) is 0.132. The molecule has 1 aromatic heterocycles. The number of benzene rings is 2. The lowest BCUT2D eigenvalue weighted by Gasteiger charge is -2.24. The van der Waals surface area contributed by atoms with Crippen LogP contribution in [0.3, 0.4) is 0 Å². The fraction of sp³-hybridized carbons (Fsp3) is 0.167. The van der Waals surface area contributed by atoms with Crippen LogP contribution in [0.5, 0.6) is 5.75 Å². The maximum absolute atomic E-state index is 14.5. The Kier molecular flexibility index (Phi) is 8.21. The van der Waals surface area contributed by atoms with Gasteiger partial charge in [-0.3, -0.25) is 4.79 Å². The van der Waals surface area contributed by atoms with Crippen LogP contribution >= 0.6 is 0 Å². The van der Waals surface area contributed by atoms with Crippen LogP contribution in [-0.2, 0) is 27.9 Å². The average molecular weight is 526 g/mol. The van der Waals surface area contributed by atoms with Gasteiger partial charge >= 0.3 is 0 Å². The van der Waals surface area contributed by atoms with Crippen LogP contribution in [0.1, 0.15) is 23.6 Å². The molecule has 0 amide bonds. The van der Waals surface area contributed by atoms with Gasteiger partial charge in [-0.25, -0.2) is 31.0 Å². The molecule has 6 nitrogen and oxygen atoms in total. The summed E-state index contributed by atoms with van der Waals surface area (Å²) in [6, 6.07) is 7.04. The van der Waals surface area contributed by atoms with Crippen LogP contribution in [0.25, 0.3) is 6.08 Å². The number of methoxy groups -OCH3 is 1. The highest BCUT2D eigenvalue weighted by Gasteiger charge is 2.33. The van der Waals surface area contributed by atoms with Crippen molar-refractivity contribution in [3.05, 3.63) is 94.6 Å². The summed E-state index contributed by atoms with van der Waals surface area (Å²) < 4.78 is 102. The zero-order valence-electron chi connectivity index (χ0n) is 18.9. The van der Waals surface area contributed by atoms with Gasteiger partial charge < -0.3 is 4.74 Å². The molecule has 0 N–H and O–H groups in total. The maximum atomic E-state index is 14.5. The summed E-state index contributed by atoms with van der Waals surface area (Å²) in [6.07, 6.45) is 3.92. The van der Waals surface area contributed by atoms with Crippen LogP contribution < -0.4 is 4.74 Å². The summed E-state index contributed by atoms with van der Waals surface area (Å²) in [7, 11) is -3.77. The fourth-order valence-electron chi connectivity index (χ4n) is 3.23. The molecular weight excluding hydrogens is 507 g/mol. The third-order valence-electron chi connectivity index (χ3n) is 5.04. The first-order valence-corrected chi connectivity index (χ1v) is 11.7. The number of rotatable bonds is 9. The largest absolute Gasteiger partial charge is 0.496 e. The summed E-state index contributed by atoms with van der Waals surface area (Å²) in [5, 5.41) is 0. The first-order valence-electron chi connectivity index (χ1n) is 10.2. The Hall–Kier alpha value is -3.64. The predicted octanol–water partition coefficient (Wildman–Crippen LogP) is 4.78. The molecule has 1 heterocycles. The Morgan fingerprint density at radius 3 is 2.33 bits per heavy atom. The van der Waals surface area contributed by atoms with E-state index in [2.05, 4.69) is 4.98 Å². The van der Waals surface area contributed by atoms with E-state index in [9.17, 15) is 35.2 Å². The van der Waals surface area contributed by atoms with Crippen LogP contribution in [-0.4, -0.2) is 30.6 Å². The molecule has 0 spiro atoms. The second kappa shape index (κ2) is 11.0. The molecule has 0 bridgehead atoms. The van der Waals surface area contributed by atoms with Gasteiger partial charge in [0.25, 0.3) is 0 Å². The lowest BCUT2D eigenvalue weighted by molar-refractivity contribution is -0.112. The van der Waals surface area contributed by atoms with E-state index in [1.807, 2.05) is 0 Å². The highest BCUT2D eigenvalue weighted by molar-refractivity contribution is 7.89. The molecule has 0 aliphatic rings. The number of hydrogen-bond acceptors (Lipinski definition) is 5. The zero-order chi connectivity index (χ0) is 26.6. The lowest BCUT2D eigenvalue weighted by Crippen LogP contribution is -2.32. The van der Waals surface area contributed by atoms with E-state index in [1.165, 1.54) is 56.5 Å². The highest BCUT2D eigenvalue weighted by atomic mass is 32.2. The van der Waals surface area contributed by atoms with E-state index in [-0.39, 0.29) is 28.7 Å². The number of halogens is 5. The molecule has 0 atom stereocenters.